The fourth-order valence-corrected chi connectivity index (χ4v) is 1.48. The molecule has 1 aliphatic rings. The van der Waals surface area contributed by atoms with E-state index in [0.717, 1.165) is 6.42 Å². The van der Waals surface area contributed by atoms with Gasteiger partial charge in [-0.1, -0.05) is 6.92 Å². The molecule has 1 unspecified atom stereocenters. The minimum atomic E-state index is -0.399. The lowest BCUT2D eigenvalue weighted by Gasteiger charge is -2.17. The number of rotatable bonds is 1. The first-order valence-electron chi connectivity index (χ1n) is 3.70. The van der Waals surface area contributed by atoms with Gasteiger partial charge in [0.25, 0.3) is 0 Å². The first kappa shape index (κ1) is 8.09. The van der Waals surface area contributed by atoms with E-state index < -0.39 is 6.10 Å². The van der Waals surface area contributed by atoms with Gasteiger partial charge in [0.15, 0.2) is 0 Å². The van der Waals surface area contributed by atoms with Crippen molar-refractivity contribution in [3.63, 3.8) is 0 Å². The van der Waals surface area contributed by atoms with Gasteiger partial charge < -0.3 is 9.84 Å². The number of aliphatic hydroxyl groups is 1. The zero-order valence-corrected chi connectivity index (χ0v) is 6.45. The first-order valence-corrected chi connectivity index (χ1v) is 3.70. The molecule has 1 saturated heterocycles. The van der Waals surface area contributed by atoms with Gasteiger partial charge in [-0.15, -0.1) is 0 Å². The molecule has 0 saturated carbocycles. The molecule has 0 amide bonds. The Kier molecular flexibility index (Phi) is 2.37. The zero-order chi connectivity index (χ0) is 7.72. The Morgan fingerprint density at radius 2 is 2.30 bits per heavy atom. The lowest BCUT2D eigenvalue weighted by molar-refractivity contribution is -0.0168. The number of hydrogen-bond donors (Lipinski definition) is 1. The molecule has 0 aliphatic carbocycles. The van der Waals surface area contributed by atoms with Gasteiger partial charge in [-0.05, 0) is 19.3 Å². The summed E-state index contributed by atoms with van der Waals surface area (Å²) in [5, 5.41) is 9.16. The van der Waals surface area contributed by atoms with Crippen LogP contribution < -0.4 is 0 Å². The van der Waals surface area contributed by atoms with Crippen molar-refractivity contribution in [3.05, 3.63) is 0 Å². The van der Waals surface area contributed by atoms with Gasteiger partial charge in [-0.3, -0.25) is 0 Å². The van der Waals surface area contributed by atoms with E-state index in [0.29, 0.717) is 5.92 Å². The molecule has 2 radical (unpaired) electrons. The molecule has 4 atom stereocenters. The van der Waals surface area contributed by atoms with Crippen molar-refractivity contribution in [2.75, 3.05) is 0 Å². The van der Waals surface area contributed by atoms with Crippen molar-refractivity contribution in [2.45, 2.75) is 38.5 Å². The summed E-state index contributed by atoms with van der Waals surface area (Å²) in [5.74, 6) is 0.384. The lowest BCUT2D eigenvalue weighted by atomic mass is 9.91. The van der Waals surface area contributed by atoms with Crippen LogP contribution in [0.2, 0.25) is 0 Å². The van der Waals surface area contributed by atoms with Crippen molar-refractivity contribution < 1.29 is 9.84 Å². The van der Waals surface area contributed by atoms with Crippen molar-refractivity contribution in [3.8, 4) is 0 Å². The molecule has 0 aromatic heterocycles. The van der Waals surface area contributed by atoms with E-state index in [-0.39, 0.29) is 12.1 Å². The van der Waals surface area contributed by atoms with E-state index in [1.54, 1.807) is 6.92 Å². The van der Waals surface area contributed by atoms with Crippen LogP contribution in [-0.2, 0) is 4.74 Å². The number of hydrogen-bond acceptors (Lipinski definition) is 2. The quantitative estimate of drug-likeness (QED) is 0.530. The normalized spacial score (nSPS) is 43.7. The third kappa shape index (κ3) is 1.52. The fourth-order valence-electron chi connectivity index (χ4n) is 1.48. The molecule has 0 aromatic rings. The van der Waals surface area contributed by atoms with Gasteiger partial charge in [0.1, 0.15) is 7.85 Å². The summed E-state index contributed by atoms with van der Waals surface area (Å²) in [5.41, 5.74) is 0. The molecule has 0 spiro atoms. The van der Waals surface area contributed by atoms with E-state index in [1.807, 2.05) is 6.92 Å². The highest BCUT2D eigenvalue weighted by atomic mass is 16.5. The Morgan fingerprint density at radius 3 is 2.50 bits per heavy atom. The van der Waals surface area contributed by atoms with Gasteiger partial charge in [-0.2, -0.15) is 0 Å². The van der Waals surface area contributed by atoms with E-state index >= 15 is 0 Å². The Hall–Kier alpha value is -0.0151. The highest BCUT2D eigenvalue weighted by Crippen LogP contribution is 2.26. The van der Waals surface area contributed by atoms with E-state index in [4.69, 9.17) is 17.7 Å². The van der Waals surface area contributed by atoms with Crippen LogP contribution in [0, 0.1) is 5.92 Å². The smallest absolute Gasteiger partial charge is 0.109 e. The maximum atomic E-state index is 9.16. The summed E-state index contributed by atoms with van der Waals surface area (Å²) in [6.07, 6.45) is 0.397. The van der Waals surface area contributed by atoms with Crippen molar-refractivity contribution in [1.29, 1.82) is 0 Å². The second-order valence-corrected chi connectivity index (χ2v) is 3.09. The van der Waals surface area contributed by atoms with Crippen LogP contribution in [0.4, 0.5) is 0 Å². The summed E-state index contributed by atoms with van der Waals surface area (Å²) in [7, 11) is 5.52. The Bertz CT molecular complexity index is 116. The molecule has 2 nitrogen and oxygen atoms in total. The van der Waals surface area contributed by atoms with E-state index in [1.165, 1.54) is 0 Å². The monoisotopic (exact) mass is 140 g/mol. The third-order valence-corrected chi connectivity index (χ3v) is 1.97. The summed E-state index contributed by atoms with van der Waals surface area (Å²) >= 11 is 0. The second kappa shape index (κ2) is 2.93. The Balaban J connectivity index is 2.46. The molecule has 1 heterocycles. The number of ether oxygens (including phenoxy) is 1. The Labute approximate surface area is 63.0 Å². The lowest BCUT2D eigenvalue weighted by Crippen LogP contribution is -2.27. The summed E-state index contributed by atoms with van der Waals surface area (Å²) < 4.78 is 5.26. The highest BCUT2D eigenvalue weighted by molar-refractivity contribution is 6.11. The van der Waals surface area contributed by atoms with E-state index in [9.17, 15) is 0 Å². The van der Waals surface area contributed by atoms with E-state index in [2.05, 4.69) is 0 Å². The van der Waals surface area contributed by atoms with Crippen LogP contribution in [0.5, 0.6) is 0 Å². The number of aliphatic hydroxyl groups excluding tert-OH is 1. The first-order chi connectivity index (χ1) is 4.61. The molecule has 56 valence electrons. The molecule has 0 bridgehead atoms. The zero-order valence-electron chi connectivity index (χ0n) is 6.45. The summed E-state index contributed by atoms with van der Waals surface area (Å²) in [4.78, 5) is 0. The predicted octanol–water partition coefficient (Wildman–Crippen LogP) is 0.287. The topological polar surface area (TPSA) is 29.5 Å². The van der Waals surface area contributed by atoms with Gasteiger partial charge in [0.05, 0.1) is 12.2 Å². The molecule has 1 fully saturated rings. The van der Waals surface area contributed by atoms with Crippen molar-refractivity contribution >= 4 is 7.85 Å². The van der Waals surface area contributed by atoms with Crippen molar-refractivity contribution in [1.82, 2.24) is 0 Å². The fraction of sp³-hybridized carbons (Fsp3) is 1.00. The standard InChI is InChI=1S/C7H13BO2/c1-4-3-6(8)10-7(4)5(2)9/h4-7,9H,3H2,1-2H3/t4-,5?,6-,7-/m1/s1. The molecule has 10 heavy (non-hydrogen) atoms. The Morgan fingerprint density at radius 1 is 1.70 bits per heavy atom. The van der Waals surface area contributed by atoms with Gasteiger partial charge in [0.2, 0.25) is 0 Å². The largest absolute Gasteiger partial charge is 0.391 e. The van der Waals surface area contributed by atoms with Gasteiger partial charge >= 0.3 is 0 Å². The van der Waals surface area contributed by atoms with Crippen LogP contribution in [0.25, 0.3) is 0 Å². The van der Waals surface area contributed by atoms with Crippen LogP contribution in [0.3, 0.4) is 0 Å². The van der Waals surface area contributed by atoms with Crippen LogP contribution in [-0.4, -0.2) is 31.2 Å². The van der Waals surface area contributed by atoms with Gasteiger partial charge in [-0.25, -0.2) is 0 Å². The maximum Gasteiger partial charge on any atom is 0.109 e. The average Bonchev–Trinajstić information content (AvgIpc) is 2.10. The minimum absolute atomic E-state index is 0.0602. The predicted molar refractivity (Wildman–Crippen MR) is 39.9 cm³/mol. The average molecular weight is 140 g/mol. The van der Waals surface area contributed by atoms with Crippen LogP contribution >= 0.6 is 0 Å². The highest BCUT2D eigenvalue weighted by Gasteiger charge is 2.31. The van der Waals surface area contributed by atoms with Crippen LogP contribution in [0.15, 0.2) is 0 Å². The SMILES string of the molecule is [B][C@H]1C[C@@H](C)[C@H](C(C)O)O1. The molecule has 1 aliphatic heterocycles. The molecule has 3 heteroatoms. The second-order valence-electron chi connectivity index (χ2n) is 3.09. The van der Waals surface area contributed by atoms with Crippen LogP contribution in [0.1, 0.15) is 20.3 Å². The maximum absolute atomic E-state index is 9.16. The van der Waals surface area contributed by atoms with Gasteiger partial charge in [0, 0.05) is 6.00 Å². The van der Waals surface area contributed by atoms with Crippen molar-refractivity contribution in [2.24, 2.45) is 5.92 Å². The minimum Gasteiger partial charge on any atom is -0.391 e. The molecule has 0 aromatic carbocycles. The summed E-state index contributed by atoms with van der Waals surface area (Å²) in [6.45, 7) is 3.78. The molecule has 1 N–H and O–H groups in total. The third-order valence-electron chi connectivity index (χ3n) is 1.97. The summed E-state index contributed by atoms with van der Waals surface area (Å²) in [6, 6.07) is -0.172. The molecular formula is C7H13BO2. The molecule has 1 rings (SSSR count). The molecular weight excluding hydrogens is 127 g/mol.